The van der Waals surface area contributed by atoms with Crippen LogP contribution in [0.5, 0.6) is 0 Å². The van der Waals surface area contributed by atoms with Crippen molar-refractivity contribution in [2.75, 3.05) is 12.4 Å². The highest BCUT2D eigenvalue weighted by molar-refractivity contribution is 7.21. The van der Waals surface area contributed by atoms with Gasteiger partial charge in [0.05, 0.1) is 0 Å². The molecule has 12 heavy (non-hydrogen) atoms. The minimum atomic E-state index is 0. The molecule has 0 aromatic carbocycles. The molecule has 0 aliphatic rings. The van der Waals surface area contributed by atoms with E-state index in [-0.39, 0.29) is 12.4 Å². The standard InChI is InChI=1S/C7H7N3S.ClH/c1-8-7-10-5-3-2-4-9-6(5)11-7;/h2-4H,1H3,(H,8,10);1H. The zero-order valence-electron chi connectivity index (χ0n) is 6.44. The van der Waals surface area contributed by atoms with Crippen molar-refractivity contribution in [3.05, 3.63) is 18.3 Å². The smallest absolute Gasteiger partial charge is 0.185 e. The Balaban J connectivity index is 0.000000720. The molecule has 0 saturated carbocycles. The average molecular weight is 202 g/mol. The summed E-state index contributed by atoms with van der Waals surface area (Å²) in [6.07, 6.45) is 1.78. The summed E-state index contributed by atoms with van der Waals surface area (Å²) in [5, 5.41) is 3.90. The van der Waals surface area contributed by atoms with E-state index in [1.54, 1.807) is 17.5 Å². The van der Waals surface area contributed by atoms with Crippen molar-refractivity contribution in [2.45, 2.75) is 0 Å². The zero-order valence-corrected chi connectivity index (χ0v) is 8.08. The van der Waals surface area contributed by atoms with E-state index in [4.69, 9.17) is 0 Å². The molecule has 5 heteroatoms. The molecule has 1 N–H and O–H groups in total. The van der Waals surface area contributed by atoms with Gasteiger partial charge in [-0.15, -0.1) is 12.4 Å². The normalized spacial score (nSPS) is 9.42. The summed E-state index contributed by atoms with van der Waals surface area (Å²) in [4.78, 5) is 9.43. The summed E-state index contributed by atoms with van der Waals surface area (Å²) < 4.78 is 0. The predicted molar refractivity (Wildman–Crippen MR) is 54.2 cm³/mol. The van der Waals surface area contributed by atoms with Crippen molar-refractivity contribution >= 4 is 39.2 Å². The minimum Gasteiger partial charge on any atom is -0.365 e. The van der Waals surface area contributed by atoms with Crippen LogP contribution in [0.2, 0.25) is 0 Å². The lowest BCUT2D eigenvalue weighted by atomic mass is 10.5. The lowest BCUT2D eigenvalue weighted by molar-refractivity contribution is 1.38. The first-order valence-corrected chi connectivity index (χ1v) is 4.11. The van der Waals surface area contributed by atoms with Crippen LogP contribution in [0.1, 0.15) is 0 Å². The Kier molecular flexibility index (Phi) is 2.83. The second kappa shape index (κ2) is 3.69. The number of aromatic nitrogens is 2. The van der Waals surface area contributed by atoms with Gasteiger partial charge in [0.15, 0.2) is 5.13 Å². The highest BCUT2D eigenvalue weighted by Gasteiger charge is 1.99. The number of anilines is 1. The molecule has 2 heterocycles. The number of pyridine rings is 1. The highest BCUT2D eigenvalue weighted by Crippen LogP contribution is 2.22. The maximum atomic E-state index is 4.28. The third-order valence-corrected chi connectivity index (χ3v) is 2.38. The van der Waals surface area contributed by atoms with Gasteiger partial charge in [0.1, 0.15) is 10.3 Å². The van der Waals surface area contributed by atoms with Crippen LogP contribution >= 0.6 is 23.7 Å². The highest BCUT2D eigenvalue weighted by atomic mass is 35.5. The fourth-order valence-electron chi connectivity index (χ4n) is 0.877. The molecule has 2 aromatic rings. The Bertz CT molecular complexity index is 340. The predicted octanol–water partition coefficient (Wildman–Crippen LogP) is 2.15. The van der Waals surface area contributed by atoms with Crippen molar-refractivity contribution in [3.63, 3.8) is 0 Å². The van der Waals surface area contributed by atoms with Crippen LogP contribution < -0.4 is 5.32 Å². The molecule has 0 fully saturated rings. The van der Waals surface area contributed by atoms with Gasteiger partial charge < -0.3 is 5.32 Å². The number of thiazole rings is 1. The number of hydrogen-bond donors (Lipinski definition) is 1. The van der Waals surface area contributed by atoms with E-state index < -0.39 is 0 Å². The quantitative estimate of drug-likeness (QED) is 0.769. The van der Waals surface area contributed by atoms with E-state index in [0.29, 0.717) is 0 Å². The second-order valence-corrected chi connectivity index (χ2v) is 3.07. The Morgan fingerprint density at radius 3 is 3.00 bits per heavy atom. The van der Waals surface area contributed by atoms with E-state index in [0.717, 1.165) is 15.5 Å². The summed E-state index contributed by atoms with van der Waals surface area (Å²) >= 11 is 1.56. The summed E-state index contributed by atoms with van der Waals surface area (Å²) in [7, 11) is 1.86. The molecular formula is C7H8ClN3S. The molecular weight excluding hydrogens is 194 g/mol. The van der Waals surface area contributed by atoms with Gasteiger partial charge in [-0.2, -0.15) is 0 Å². The zero-order chi connectivity index (χ0) is 7.68. The Morgan fingerprint density at radius 1 is 1.50 bits per heavy atom. The maximum Gasteiger partial charge on any atom is 0.185 e. The van der Waals surface area contributed by atoms with E-state index in [9.17, 15) is 0 Å². The van der Waals surface area contributed by atoms with E-state index in [1.165, 1.54) is 0 Å². The molecule has 3 nitrogen and oxygen atoms in total. The molecule has 0 bridgehead atoms. The van der Waals surface area contributed by atoms with Gasteiger partial charge in [-0.1, -0.05) is 11.3 Å². The summed E-state index contributed by atoms with van der Waals surface area (Å²) in [5.41, 5.74) is 0.960. The molecule has 0 radical (unpaired) electrons. The molecule has 0 aliphatic heterocycles. The van der Waals surface area contributed by atoms with Crippen LogP contribution in [0.4, 0.5) is 5.13 Å². The number of nitrogens with one attached hydrogen (secondary N) is 1. The monoisotopic (exact) mass is 201 g/mol. The molecule has 0 saturated heterocycles. The van der Waals surface area contributed by atoms with Crippen LogP contribution in [0.15, 0.2) is 18.3 Å². The Hall–Kier alpha value is -0.870. The van der Waals surface area contributed by atoms with Crippen LogP contribution in [0, 0.1) is 0 Å². The Labute approximate surface area is 80.3 Å². The van der Waals surface area contributed by atoms with Crippen molar-refractivity contribution in [2.24, 2.45) is 0 Å². The number of hydrogen-bond acceptors (Lipinski definition) is 4. The third-order valence-electron chi connectivity index (χ3n) is 1.38. The molecule has 2 aromatic heterocycles. The summed E-state index contributed by atoms with van der Waals surface area (Å²) in [5.74, 6) is 0. The molecule has 0 atom stereocenters. The van der Waals surface area contributed by atoms with Crippen molar-refractivity contribution in [3.8, 4) is 0 Å². The summed E-state index contributed by atoms with van der Waals surface area (Å²) in [6, 6.07) is 3.85. The largest absolute Gasteiger partial charge is 0.365 e. The number of rotatable bonds is 1. The van der Waals surface area contributed by atoms with Gasteiger partial charge in [0.25, 0.3) is 0 Å². The van der Waals surface area contributed by atoms with Crippen LogP contribution in [0.25, 0.3) is 10.3 Å². The van der Waals surface area contributed by atoms with Gasteiger partial charge in [-0.3, -0.25) is 0 Å². The van der Waals surface area contributed by atoms with Crippen molar-refractivity contribution in [1.29, 1.82) is 0 Å². The molecule has 0 unspecified atom stereocenters. The molecule has 0 spiro atoms. The fraction of sp³-hybridized carbons (Fsp3) is 0.143. The van der Waals surface area contributed by atoms with E-state index in [2.05, 4.69) is 15.3 Å². The van der Waals surface area contributed by atoms with Gasteiger partial charge in [-0.25, -0.2) is 9.97 Å². The van der Waals surface area contributed by atoms with Gasteiger partial charge in [-0.05, 0) is 12.1 Å². The van der Waals surface area contributed by atoms with Gasteiger partial charge >= 0.3 is 0 Å². The van der Waals surface area contributed by atoms with Gasteiger partial charge in [0, 0.05) is 13.2 Å². The molecule has 0 amide bonds. The van der Waals surface area contributed by atoms with Crippen LogP contribution in [-0.2, 0) is 0 Å². The Morgan fingerprint density at radius 2 is 2.33 bits per heavy atom. The number of halogens is 1. The lowest BCUT2D eigenvalue weighted by Gasteiger charge is -1.84. The minimum absolute atomic E-state index is 0. The van der Waals surface area contributed by atoms with Crippen LogP contribution in [0.3, 0.4) is 0 Å². The SMILES string of the molecule is CNc1nc2cccnc2s1.Cl. The first-order valence-electron chi connectivity index (χ1n) is 3.29. The lowest BCUT2D eigenvalue weighted by Crippen LogP contribution is -1.83. The van der Waals surface area contributed by atoms with Crippen molar-refractivity contribution in [1.82, 2.24) is 9.97 Å². The molecule has 64 valence electrons. The maximum absolute atomic E-state index is 4.28. The average Bonchev–Trinajstić information content (AvgIpc) is 2.46. The van der Waals surface area contributed by atoms with Crippen molar-refractivity contribution < 1.29 is 0 Å². The first-order chi connectivity index (χ1) is 5.40. The number of fused-ring (bicyclic) bond motifs is 1. The molecule has 0 aliphatic carbocycles. The van der Waals surface area contributed by atoms with Gasteiger partial charge in [0.2, 0.25) is 0 Å². The molecule has 2 rings (SSSR count). The van der Waals surface area contributed by atoms with Crippen LogP contribution in [-0.4, -0.2) is 17.0 Å². The summed E-state index contributed by atoms with van der Waals surface area (Å²) in [6.45, 7) is 0. The number of nitrogens with zero attached hydrogens (tertiary/aromatic N) is 2. The topological polar surface area (TPSA) is 37.8 Å². The van der Waals surface area contributed by atoms with E-state index >= 15 is 0 Å². The van der Waals surface area contributed by atoms with E-state index in [1.807, 2.05) is 19.2 Å². The fourth-order valence-corrected chi connectivity index (χ4v) is 1.64. The third kappa shape index (κ3) is 1.49. The first kappa shape index (κ1) is 9.22. The second-order valence-electron chi connectivity index (χ2n) is 2.10.